The first kappa shape index (κ1) is 22.3. The number of likely N-dealkylation sites (tertiary alicyclic amines) is 1. The van der Waals surface area contributed by atoms with Gasteiger partial charge in [-0.2, -0.15) is 0 Å². The van der Waals surface area contributed by atoms with Gasteiger partial charge >= 0.3 is 0 Å². The fourth-order valence-electron chi connectivity index (χ4n) is 5.61. The molecule has 3 fully saturated rings. The number of rotatable bonds is 4. The van der Waals surface area contributed by atoms with Crippen molar-refractivity contribution in [2.75, 3.05) is 13.1 Å². The largest absolute Gasteiger partial charge is 0.489 e. The van der Waals surface area contributed by atoms with Crippen LogP contribution >= 0.6 is 0 Å². The normalized spacial score (nSPS) is 30.2. The molecule has 3 amide bonds. The lowest BCUT2D eigenvalue weighted by Gasteiger charge is -2.43. The molecule has 1 N–H and O–H groups in total. The van der Waals surface area contributed by atoms with E-state index in [9.17, 15) is 23.2 Å². The molecule has 9 heteroatoms. The van der Waals surface area contributed by atoms with Crippen molar-refractivity contribution in [1.29, 1.82) is 0 Å². The fourth-order valence-corrected chi connectivity index (χ4v) is 5.61. The van der Waals surface area contributed by atoms with Crippen molar-refractivity contribution in [1.82, 2.24) is 15.1 Å². The van der Waals surface area contributed by atoms with Crippen LogP contribution in [0.4, 0.5) is 8.78 Å². The average molecular weight is 462 g/mol. The monoisotopic (exact) mass is 461 g/mol. The Bertz CT molecular complexity index is 959. The number of nitrogens with one attached hydrogen (secondary N) is 1. The van der Waals surface area contributed by atoms with Crippen LogP contribution < -0.4 is 10.1 Å². The predicted molar refractivity (Wildman–Crippen MR) is 115 cm³/mol. The van der Waals surface area contributed by atoms with Crippen LogP contribution in [0.3, 0.4) is 0 Å². The molecule has 4 aliphatic rings. The van der Waals surface area contributed by atoms with Gasteiger partial charge in [0.1, 0.15) is 17.9 Å². The van der Waals surface area contributed by atoms with Gasteiger partial charge < -0.3 is 9.64 Å². The van der Waals surface area contributed by atoms with Gasteiger partial charge in [-0.15, -0.1) is 0 Å². The fraction of sp³-hybridized carbons (Fsp3) is 0.625. The summed E-state index contributed by atoms with van der Waals surface area (Å²) in [6.45, 7) is 1.07. The molecule has 7 nitrogen and oxygen atoms in total. The first-order chi connectivity index (χ1) is 15.8. The lowest BCUT2D eigenvalue weighted by molar-refractivity contribution is -0.136. The molecule has 2 saturated heterocycles. The Morgan fingerprint density at radius 2 is 1.79 bits per heavy atom. The molecule has 3 aliphatic heterocycles. The molecule has 0 aromatic heterocycles. The molecule has 1 saturated carbocycles. The van der Waals surface area contributed by atoms with Crippen LogP contribution in [0.5, 0.6) is 5.75 Å². The third kappa shape index (κ3) is 4.47. The predicted octanol–water partition coefficient (Wildman–Crippen LogP) is 2.87. The highest BCUT2D eigenvalue weighted by atomic mass is 19.3. The highest BCUT2D eigenvalue weighted by Gasteiger charge is 2.41. The Labute approximate surface area is 191 Å². The lowest BCUT2D eigenvalue weighted by Crippen LogP contribution is -2.52. The van der Waals surface area contributed by atoms with Crippen LogP contribution in [0.1, 0.15) is 67.3 Å². The second-order valence-corrected chi connectivity index (χ2v) is 9.62. The summed E-state index contributed by atoms with van der Waals surface area (Å²) in [6.07, 6.45) is 4.17. The second-order valence-electron chi connectivity index (χ2n) is 9.62. The number of hydrogen-bond donors (Lipinski definition) is 1. The van der Waals surface area contributed by atoms with Crippen LogP contribution in [0, 0.1) is 0 Å². The number of amides is 3. The highest BCUT2D eigenvalue weighted by molar-refractivity contribution is 6.05. The van der Waals surface area contributed by atoms with Crippen LogP contribution in [0.15, 0.2) is 18.2 Å². The third-order valence-electron chi connectivity index (χ3n) is 7.45. The zero-order valence-electron chi connectivity index (χ0n) is 18.5. The van der Waals surface area contributed by atoms with Gasteiger partial charge in [0.2, 0.25) is 11.8 Å². The van der Waals surface area contributed by atoms with E-state index in [1.165, 1.54) is 4.90 Å². The molecule has 178 valence electrons. The molecule has 1 aliphatic carbocycles. The van der Waals surface area contributed by atoms with Gasteiger partial charge in [-0.1, -0.05) is 6.42 Å². The molecule has 0 spiro atoms. The molecule has 3 heterocycles. The third-order valence-corrected chi connectivity index (χ3v) is 7.45. The maximum absolute atomic E-state index is 13.6. The second kappa shape index (κ2) is 8.66. The number of halogens is 2. The SMILES string of the molecule is O=C1CCC(N2Cc3cc(O[C@@H]4CCCC[C@H]4N4CCC(F)(F)CC4)ccc3C2=O)C(=O)N1. The number of carbonyl (C=O) groups is 3. The molecule has 0 bridgehead atoms. The van der Waals surface area contributed by atoms with Crippen LogP contribution in [0.25, 0.3) is 0 Å². The Kier molecular flexibility index (Phi) is 5.84. The van der Waals surface area contributed by atoms with E-state index >= 15 is 0 Å². The Morgan fingerprint density at radius 3 is 2.55 bits per heavy atom. The van der Waals surface area contributed by atoms with Gasteiger partial charge in [0.25, 0.3) is 11.8 Å². The Morgan fingerprint density at radius 1 is 1.03 bits per heavy atom. The molecule has 1 unspecified atom stereocenters. The molecule has 0 radical (unpaired) electrons. The van der Waals surface area contributed by atoms with E-state index in [0.29, 0.717) is 37.4 Å². The lowest BCUT2D eigenvalue weighted by atomic mass is 9.89. The van der Waals surface area contributed by atoms with E-state index in [-0.39, 0.29) is 43.2 Å². The summed E-state index contributed by atoms with van der Waals surface area (Å²) in [7, 11) is 0. The Hall–Kier alpha value is -2.55. The highest BCUT2D eigenvalue weighted by Crippen LogP contribution is 2.35. The number of hydrogen-bond acceptors (Lipinski definition) is 5. The summed E-state index contributed by atoms with van der Waals surface area (Å²) in [4.78, 5) is 40.3. The van der Waals surface area contributed by atoms with Crippen molar-refractivity contribution in [3.8, 4) is 5.75 Å². The summed E-state index contributed by atoms with van der Waals surface area (Å²) >= 11 is 0. The minimum atomic E-state index is -2.57. The van der Waals surface area contributed by atoms with Gasteiger partial charge in [0.15, 0.2) is 0 Å². The molecular formula is C24H29F2N3O4. The Balaban J connectivity index is 1.28. The number of fused-ring (bicyclic) bond motifs is 1. The minimum Gasteiger partial charge on any atom is -0.489 e. The summed E-state index contributed by atoms with van der Waals surface area (Å²) in [6, 6.07) is 4.84. The minimum absolute atomic E-state index is 0.0770. The number of benzene rings is 1. The molecular weight excluding hydrogens is 432 g/mol. The summed E-state index contributed by atoms with van der Waals surface area (Å²) in [5, 5.41) is 2.31. The van der Waals surface area contributed by atoms with Crippen LogP contribution in [0.2, 0.25) is 0 Å². The maximum atomic E-state index is 13.6. The van der Waals surface area contributed by atoms with Crippen LogP contribution in [-0.4, -0.2) is 64.7 Å². The number of carbonyl (C=O) groups excluding carboxylic acids is 3. The summed E-state index contributed by atoms with van der Waals surface area (Å²) < 4.78 is 33.6. The number of nitrogens with zero attached hydrogens (tertiary/aromatic N) is 2. The molecule has 5 rings (SSSR count). The van der Waals surface area contributed by atoms with Gasteiger partial charge in [-0.3, -0.25) is 24.6 Å². The van der Waals surface area contributed by atoms with E-state index < -0.39 is 17.9 Å². The van der Waals surface area contributed by atoms with Gasteiger partial charge in [0.05, 0.1) is 0 Å². The number of alkyl halides is 2. The van der Waals surface area contributed by atoms with Crippen molar-refractivity contribution < 1.29 is 27.9 Å². The number of ether oxygens (including phenoxy) is 1. The van der Waals surface area contributed by atoms with E-state index in [4.69, 9.17) is 4.74 Å². The zero-order valence-corrected chi connectivity index (χ0v) is 18.5. The van der Waals surface area contributed by atoms with Gasteiger partial charge in [-0.05, 0) is 49.4 Å². The molecule has 33 heavy (non-hydrogen) atoms. The van der Waals surface area contributed by atoms with Gasteiger partial charge in [-0.25, -0.2) is 8.78 Å². The van der Waals surface area contributed by atoms with E-state index in [1.54, 1.807) is 12.1 Å². The first-order valence-electron chi connectivity index (χ1n) is 11.9. The summed E-state index contributed by atoms with van der Waals surface area (Å²) in [5.74, 6) is -2.86. The molecule has 3 atom stereocenters. The van der Waals surface area contributed by atoms with E-state index in [1.807, 2.05) is 6.07 Å². The van der Waals surface area contributed by atoms with Crippen molar-refractivity contribution in [2.24, 2.45) is 0 Å². The molecule has 1 aromatic carbocycles. The van der Waals surface area contributed by atoms with E-state index in [2.05, 4.69) is 10.2 Å². The first-order valence-corrected chi connectivity index (χ1v) is 11.9. The smallest absolute Gasteiger partial charge is 0.255 e. The van der Waals surface area contributed by atoms with Crippen molar-refractivity contribution in [2.45, 2.75) is 82.0 Å². The van der Waals surface area contributed by atoms with Crippen molar-refractivity contribution in [3.05, 3.63) is 29.3 Å². The topological polar surface area (TPSA) is 79.0 Å². The number of imide groups is 1. The quantitative estimate of drug-likeness (QED) is 0.698. The van der Waals surface area contributed by atoms with Gasteiger partial charge in [0, 0.05) is 50.5 Å². The average Bonchev–Trinajstić information content (AvgIpc) is 3.10. The molecule has 1 aromatic rings. The van der Waals surface area contributed by atoms with Crippen molar-refractivity contribution in [3.63, 3.8) is 0 Å². The zero-order chi connectivity index (χ0) is 23.2. The maximum Gasteiger partial charge on any atom is 0.255 e. The number of piperidine rings is 2. The van der Waals surface area contributed by atoms with Crippen molar-refractivity contribution >= 4 is 17.7 Å². The standard InChI is InChI=1S/C24H29F2N3O4/c25-24(26)9-11-28(12-10-24)18-3-1-2-4-20(18)33-16-5-6-17-15(13-16)14-29(23(17)32)19-7-8-21(30)27-22(19)31/h5-6,13,18-20H,1-4,7-12,14H2,(H,27,30,31)/t18-,19?,20-/m1/s1. The summed E-state index contributed by atoms with van der Waals surface area (Å²) in [5.41, 5.74) is 1.35. The van der Waals surface area contributed by atoms with Crippen LogP contribution in [-0.2, 0) is 16.1 Å². The van der Waals surface area contributed by atoms with E-state index in [0.717, 1.165) is 31.2 Å².